The van der Waals surface area contributed by atoms with Gasteiger partial charge in [-0.3, -0.25) is 9.69 Å². The Hall–Kier alpha value is -0.950. The maximum absolute atomic E-state index is 12.4. The van der Waals surface area contributed by atoms with Crippen molar-refractivity contribution in [1.29, 1.82) is 0 Å². The van der Waals surface area contributed by atoms with Gasteiger partial charge in [0.25, 0.3) is 0 Å². The van der Waals surface area contributed by atoms with Crippen LogP contribution >= 0.6 is 11.3 Å². The van der Waals surface area contributed by atoms with E-state index in [1.54, 1.807) is 11.3 Å². The summed E-state index contributed by atoms with van der Waals surface area (Å²) in [4.78, 5) is 15.9. The number of morpholine rings is 1. The van der Waals surface area contributed by atoms with Gasteiger partial charge < -0.3 is 14.8 Å². The van der Waals surface area contributed by atoms with Crippen LogP contribution in [-0.2, 0) is 14.3 Å². The number of anilines is 1. The van der Waals surface area contributed by atoms with E-state index < -0.39 is 0 Å². The first-order valence-electron chi connectivity index (χ1n) is 7.86. The monoisotopic (exact) mass is 324 g/mol. The minimum atomic E-state index is 0.0662. The number of rotatable bonds is 3. The molecule has 22 heavy (non-hydrogen) atoms. The highest BCUT2D eigenvalue weighted by Crippen LogP contribution is 2.31. The van der Waals surface area contributed by atoms with Crippen LogP contribution in [0.1, 0.15) is 22.4 Å². The van der Waals surface area contributed by atoms with E-state index in [9.17, 15) is 4.79 Å². The van der Waals surface area contributed by atoms with Crippen molar-refractivity contribution in [3.8, 4) is 0 Å². The first kappa shape index (κ1) is 15.9. The summed E-state index contributed by atoms with van der Waals surface area (Å²) in [5, 5.41) is 4.06. The highest BCUT2D eigenvalue weighted by molar-refractivity contribution is 7.16. The average molecular weight is 324 g/mol. The molecule has 2 fully saturated rings. The molecule has 1 N–H and O–H groups in total. The lowest BCUT2D eigenvalue weighted by atomic mass is 10.0. The number of fused-ring (bicyclic) bond motifs is 1. The minimum Gasteiger partial charge on any atom is -0.379 e. The molecule has 0 spiro atoms. The predicted molar refractivity (Wildman–Crippen MR) is 87.7 cm³/mol. The van der Waals surface area contributed by atoms with Gasteiger partial charge in [0.2, 0.25) is 5.91 Å². The Labute approximate surface area is 135 Å². The van der Waals surface area contributed by atoms with Gasteiger partial charge in [-0.15, -0.1) is 11.3 Å². The van der Waals surface area contributed by atoms with Crippen molar-refractivity contribution < 1.29 is 14.3 Å². The van der Waals surface area contributed by atoms with Crippen molar-refractivity contribution in [2.45, 2.75) is 39.3 Å². The van der Waals surface area contributed by atoms with Crippen molar-refractivity contribution in [2.24, 2.45) is 0 Å². The fourth-order valence-corrected chi connectivity index (χ4v) is 4.25. The lowest BCUT2D eigenvalue weighted by molar-refractivity contribution is -0.142. The molecule has 3 heterocycles. The molecule has 0 saturated carbocycles. The van der Waals surface area contributed by atoms with E-state index in [1.807, 2.05) is 0 Å². The zero-order valence-electron chi connectivity index (χ0n) is 13.5. The Morgan fingerprint density at radius 2 is 2.14 bits per heavy atom. The molecule has 6 heteroatoms. The van der Waals surface area contributed by atoms with E-state index in [-0.39, 0.29) is 12.0 Å². The lowest BCUT2D eigenvalue weighted by Gasteiger charge is -2.43. The van der Waals surface area contributed by atoms with Crippen LogP contribution in [0.5, 0.6) is 0 Å². The van der Waals surface area contributed by atoms with Gasteiger partial charge >= 0.3 is 0 Å². The van der Waals surface area contributed by atoms with Gasteiger partial charge in [-0.2, -0.15) is 0 Å². The summed E-state index contributed by atoms with van der Waals surface area (Å²) in [6, 6.07) is 0.307. The summed E-state index contributed by atoms with van der Waals surface area (Å²) < 4.78 is 11.2. The third-order valence-electron chi connectivity index (χ3n) is 4.73. The fourth-order valence-electron chi connectivity index (χ4n) is 3.17. The molecule has 5 nitrogen and oxygen atoms in total. The molecular weight excluding hydrogens is 300 g/mol. The molecule has 0 aromatic carbocycles. The molecule has 2 aliphatic rings. The smallest absolute Gasteiger partial charge is 0.239 e. The Kier molecular flexibility index (Phi) is 4.82. The topological polar surface area (TPSA) is 50.8 Å². The normalized spacial score (nSPS) is 25.8. The Morgan fingerprint density at radius 1 is 1.32 bits per heavy atom. The van der Waals surface area contributed by atoms with Crippen LogP contribution in [0.4, 0.5) is 5.00 Å². The molecule has 1 aromatic heterocycles. The van der Waals surface area contributed by atoms with E-state index >= 15 is 0 Å². The van der Waals surface area contributed by atoms with Gasteiger partial charge in [-0.25, -0.2) is 0 Å². The highest BCUT2D eigenvalue weighted by Gasteiger charge is 2.35. The summed E-state index contributed by atoms with van der Waals surface area (Å²) in [7, 11) is 0. The number of carbonyl (C=O) groups is 1. The summed E-state index contributed by atoms with van der Waals surface area (Å²) >= 11 is 1.66. The molecule has 3 rings (SSSR count). The molecule has 0 unspecified atom stereocenters. The van der Waals surface area contributed by atoms with Crippen LogP contribution in [0.3, 0.4) is 0 Å². The number of hydrogen-bond acceptors (Lipinski definition) is 5. The van der Waals surface area contributed by atoms with Crippen molar-refractivity contribution in [3.63, 3.8) is 0 Å². The molecule has 0 bridgehead atoms. The minimum absolute atomic E-state index is 0.0662. The SMILES string of the molecule is Cc1sc(NC(=O)CN2CCO[C@@H]3COCC[C@@H]32)c(C)c1C. The third-order valence-corrected chi connectivity index (χ3v) is 5.96. The van der Waals surface area contributed by atoms with Crippen LogP contribution in [0.25, 0.3) is 0 Å². The number of ether oxygens (including phenoxy) is 2. The second-order valence-electron chi connectivity index (χ2n) is 6.10. The standard InChI is InChI=1S/C16H24N2O3S/c1-10-11(2)16(22-12(10)3)17-15(19)8-18-5-7-21-14-9-20-6-4-13(14)18/h13-14H,4-9H2,1-3H3,(H,17,19)/t13-,14+/m0/s1. The lowest BCUT2D eigenvalue weighted by Crippen LogP contribution is -2.57. The first-order valence-corrected chi connectivity index (χ1v) is 8.67. The Morgan fingerprint density at radius 3 is 2.86 bits per heavy atom. The van der Waals surface area contributed by atoms with Crippen molar-refractivity contribution in [1.82, 2.24) is 4.90 Å². The molecule has 122 valence electrons. The molecule has 0 radical (unpaired) electrons. The summed E-state index contributed by atoms with van der Waals surface area (Å²) in [5.74, 6) is 0.0662. The predicted octanol–water partition coefficient (Wildman–Crippen LogP) is 2.10. The van der Waals surface area contributed by atoms with Crippen molar-refractivity contribution in [3.05, 3.63) is 16.0 Å². The highest BCUT2D eigenvalue weighted by atomic mass is 32.1. The van der Waals surface area contributed by atoms with E-state index in [2.05, 4.69) is 31.0 Å². The molecular formula is C16H24N2O3S. The number of amides is 1. The average Bonchev–Trinajstić information content (AvgIpc) is 2.75. The van der Waals surface area contributed by atoms with Crippen LogP contribution in [0, 0.1) is 20.8 Å². The van der Waals surface area contributed by atoms with Crippen LogP contribution in [-0.4, -0.2) is 55.9 Å². The number of thiophene rings is 1. The van der Waals surface area contributed by atoms with Gasteiger partial charge in [0.1, 0.15) is 0 Å². The third kappa shape index (κ3) is 3.20. The zero-order valence-corrected chi connectivity index (χ0v) is 14.3. The summed E-state index contributed by atoms with van der Waals surface area (Å²) in [6.45, 7) is 9.58. The van der Waals surface area contributed by atoms with E-state index in [0.29, 0.717) is 25.8 Å². The van der Waals surface area contributed by atoms with Crippen molar-refractivity contribution >= 4 is 22.2 Å². The quantitative estimate of drug-likeness (QED) is 0.925. The number of aryl methyl sites for hydroxylation is 1. The summed E-state index contributed by atoms with van der Waals surface area (Å²) in [6.07, 6.45) is 1.05. The van der Waals surface area contributed by atoms with Crippen LogP contribution in [0.15, 0.2) is 0 Å². The van der Waals surface area contributed by atoms with Gasteiger partial charge in [0, 0.05) is 24.1 Å². The van der Waals surface area contributed by atoms with Gasteiger partial charge in [0.15, 0.2) is 0 Å². The number of carbonyl (C=O) groups excluding carboxylic acids is 1. The molecule has 2 saturated heterocycles. The molecule has 1 amide bonds. The Bertz CT molecular complexity index is 556. The van der Waals surface area contributed by atoms with Crippen molar-refractivity contribution in [2.75, 3.05) is 38.2 Å². The molecule has 0 aliphatic carbocycles. The fraction of sp³-hybridized carbons (Fsp3) is 0.688. The molecule has 2 aliphatic heterocycles. The number of nitrogens with one attached hydrogen (secondary N) is 1. The second-order valence-corrected chi connectivity index (χ2v) is 7.32. The molecule has 1 aromatic rings. The maximum Gasteiger partial charge on any atom is 0.239 e. The largest absolute Gasteiger partial charge is 0.379 e. The Balaban J connectivity index is 1.62. The number of hydrogen-bond donors (Lipinski definition) is 1. The van der Waals surface area contributed by atoms with Gasteiger partial charge in [0.05, 0.1) is 30.9 Å². The van der Waals surface area contributed by atoms with Gasteiger partial charge in [-0.1, -0.05) is 0 Å². The second kappa shape index (κ2) is 6.66. The first-order chi connectivity index (χ1) is 10.6. The number of nitrogens with zero attached hydrogens (tertiary/aromatic N) is 1. The maximum atomic E-state index is 12.4. The van der Waals surface area contributed by atoms with E-state index in [4.69, 9.17) is 9.47 Å². The zero-order chi connectivity index (χ0) is 15.7. The van der Waals surface area contributed by atoms with Gasteiger partial charge in [-0.05, 0) is 38.3 Å². The van der Waals surface area contributed by atoms with E-state index in [1.165, 1.54) is 16.0 Å². The summed E-state index contributed by atoms with van der Waals surface area (Å²) in [5.41, 5.74) is 2.46. The van der Waals surface area contributed by atoms with Crippen LogP contribution < -0.4 is 5.32 Å². The van der Waals surface area contributed by atoms with Crippen LogP contribution in [0.2, 0.25) is 0 Å². The molecule has 2 atom stereocenters. The van der Waals surface area contributed by atoms with E-state index in [0.717, 1.165) is 24.6 Å².